The summed E-state index contributed by atoms with van der Waals surface area (Å²) in [5, 5.41) is 7.12. The van der Waals surface area contributed by atoms with Crippen LogP contribution in [-0.2, 0) is 17.5 Å². The predicted octanol–water partition coefficient (Wildman–Crippen LogP) is 4.02. The average molecular weight is 572 g/mol. The van der Waals surface area contributed by atoms with E-state index in [4.69, 9.17) is 14.6 Å². The molecule has 2 aliphatic heterocycles. The molecule has 1 aromatic carbocycles. The van der Waals surface area contributed by atoms with E-state index in [2.05, 4.69) is 4.98 Å². The molecule has 1 amide bonds. The van der Waals surface area contributed by atoms with Gasteiger partial charge in [0.2, 0.25) is 0 Å². The van der Waals surface area contributed by atoms with E-state index in [9.17, 15) is 35.9 Å². The van der Waals surface area contributed by atoms with Gasteiger partial charge >= 0.3 is 18.3 Å². The van der Waals surface area contributed by atoms with Crippen LogP contribution in [0.25, 0.3) is 5.69 Å². The van der Waals surface area contributed by atoms with Crippen LogP contribution in [0.4, 0.5) is 26.3 Å². The average Bonchev–Trinajstić information content (AvgIpc) is 3.31. The van der Waals surface area contributed by atoms with Crippen LogP contribution in [0.3, 0.4) is 0 Å². The fourth-order valence-corrected chi connectivity index (χ4v) is 4.48. The molecule has 0 spiro atoms. The van der Waals surface area contributed by atoms with Crippen molar-refractivity contribution in [3.8, 4) is 11.4 Å². The summed E-state index contributed by atoms with van der Waals surface area (Å²) in [5.41, 5.74) is 0.870. The number of rotatable bonds is 3. The molecule has 0 fully saturated rings. The first kappa shape index (κ1) is 28.7. The number of aliphatic carboxylic acids is 1. The highest BCUT2D eigenvalue weighted by Gasteiger charge is 2.38. The number of ether oxygens (including phenoxy) is 1. The molecular weight excluding hydrogens is 550 g/mol. The van der Waals surface area contributed by atoms with Gasteiger partial charge in [0.05, 0.1) is 24.2 Å². The summed E-state index contributed by atoms with van der Waals surface area (Å²) in [4.78, 5) is 40.8. The normalized spacial score (nSPS) is 16.8. The molecular formula is C25H22F6N4O5. The van der Waals surface area contributed by atoms with Crippen LogP contribution in [-0.4, -0.2) is 61.9 Å². The van der Waals surface area contributed by atoms with Crippen LogP contribution in [0.5, 0.6) is 5.75 Å². The number of amides is 1. The van der Waals surface area contributed by atoms with E-state index in [1.54, 1.807) is 34.1 Å². The third-order valence-electron chi connectivity index (χ3n) is 6.43. The van der Waals surface area contributed by atoms with Gasteiger partial charge in [-0.3, -0.25) is 9.59 Å². The Morgan fingerprint density at radius 1 is 1.10 bits per heavy atom. The second-order valence-electron chi connectivity index (χ2n) is 9.12. The Bertz CT molecular complexity index is 1490. The van der Waals surface area contributed by atoms with Gasteiger partial charge in [0.25, 0.3) is 11.5 Å². The zero-order valence-corrected chi connectivity index (χ0v) is 20.8. The van der Waals surface area contributed by atoms with Crippen molar-refractivity contribution in [2.45, 2.75) is 38.2 Å². The lowest BCUT2D eigenvalue weighted by atomic mass is 9.90. The van der Waals surface area contributed by atoms with Gasteiger partial charge in [-0.1, -0.05) is 0 Å². The quantitative estimate of drug-likeness (QED) is 0.476. The lowest BCUT2D eigenvalue weighted by Crippen LogP contribution is -2.46. The highest BCUT2D eigenvalue weighted by molar-refractivity contribution is 5.93. The number of hydrogen-bond acceptors (Lipinski definition) is 5. The molecule has 0 aliphatic carbocycles. The van der Waals surface area contributed by atoms with Crippen LogP contribution in [0.15, 0.2) is 47.7 Å². The number of benzene rings is 1. The van der Waals surface area contributed by atoms with Crippen molar-refractivity contribution in [3.63, 3.8) is 0 Å². The van der Waals surface area contributed by atoms with E-state index in [-0.39, 0.29) is 29.6 Å². The van der Waals surface area contributed by atoms with Gasteiger partial charge < -0.3 is 23.9 Å². The number of carbonyl (C=O) groups excluding carboxylic acids is 1. The Labute approximate surface area is 222 Å². The minimum atomic E-state index is -5.08. The van der Waals surface area contributed by atoms with Gasteiger partial charge in [0.15, 0.2) is 0 Å². The minimum Gasteiger partial charge on any atom is -0.493 e. The van der Waals surface area contributed by atoms with E-state index in [1.165, 1.54) is 10.6 Å². The third-order valence-corrected chi connectivity index (χ3v) is 6.43. The van der Waals surface area contributed by atoms with Crippen LogP contribution < -0.4 is 10.3 Å². The summed E-state index contributed by atoms with van der Waals surface area (Å²) >= 11 is 0. The highest BCUT2D eigenvalue weighted by atomic mass is 19.4. The monoisotopic (exact) mass is 572 g/mol. The molecule has 15 heteroatoms. The number of alkyl halides is 6. The first-order chi connectivity index (χ1) is 18.7. The van der Waals surface area contributed by atoms with Crippen molar-refractivity contribution in [1.82, 2.24) is 19.0 Å². The second-order valence-corrected chi connectivity index (χ2v) is 9.12. The molecule has 2 aliphatic rings. The number of aryl methyl sites for hydroxylation is 1. The number of carboxylic acids is 1. The summed E-state index contributed by atoms with van der Waals surface area (Å²) < 4.78 is 80.0. The molecule has 1 N–H and O–H groups in total. The fourth-order valence-electron chi connectivity index (χ4n) is 4.48. The molecule has 3 aromatic rings. The van der Waals surface area contributed by atoms with Gasteiger partial charge in [-0.2, -0.15) is 26.3 Å². The summed E-state index contributed by atoms with van der Waals surface area (Å²) in [6, 6.07) is 6.67. The number of hydrogen-bond donors (Lipinski definition) is 1. The molecule has 9 nitrogen and oxygen atoms in total. The molecule has 0 saturated heterocycles. The highest BCUT2D eigenvalue weighted by Crippen LogP contribution is 2.39. The van der Waals surface area contributed by atoms with E-state index >= 15 is 0 Å². The summed E-state index contributed by atoms with van der Waals surface area (Å²) in [5.74, 6) is -2.94. The number of carboxylic acid groups (broad SMARTS) is 1. The van der Waals surface area contributed by atoms with Crippen molar-refractivity contribution < 1.29 is 45.8 Å². The van der Waals surface area contributed by atoms with Crippen molar-refractivity contribution in [2.75, 3.05) is 19.7 Å². The lowest BCUT2D eigenvalue weighted by Gasteiger charge is -2.35. The van der Waals surface area contributed by atoms with Gasteiger partial charge in [0, 0.05) is 31.7 Å². The van der Waals surface area contributed by atoms with Gasteiger partial charge in [0.1, 0.15) is 17.1 Å². The van der Waals surface area contributed by atoms with Crippen molar-refractivity contribution in [1.29, 1.82) is 0 Å². The zero-order valence-electron chi connectivity index (χ0n) is 20.8. The molecule has 214 valence electrons. The molecule has 1 atom stereocenters. The van der Waals surface area contributed by atoms with Crippen LogP contribution in [0.1, 0.15) is 39.6 Å². The Hall–Kier alpha value is -4.30. The predicted molar refractivity (Wildman–Crippen MR) is 126 cm³/mol. The topological polar surface area (TPSA) is 107 Å². The zero-order chi connectivity index (χ0) is 29.4. The molecule has 1 unspecified atom stereocenters. The van der Waals surface area contributed by atoms with Crippen LogP contribution >= 0.6 is 0 Å². The molecule has 0 radical (unpaired) electrons. The van der Waals surface area contributed by atoms with Crippen molar-refractivity contribution >= 4 is 11.9 Å². The maximum Gasteiger partial charge on any atom is 0.490 e. The molecule has 4 heterocycles. The largest absolute Gasteiger partial charge is 0.493 e. The van der Waals surface area contributed by atoms with Crippen LogP contribution in [0, 0.1) is 6.92 Å². The first-order valence-electron chi connectivity index (χ1n) is 11.8. The molecule has 0 bridgehead atoms. The van der Waals surface area contributed by atoms with E-state index in [0.29, 0.717) is 43.1 Å². The van der Waals surface area contributed by atoms with Gasteiger partial charge in [-0.25, -0.2) is 9.78 Å². The SMILES string of the molecule is Cc1cn(-c2ccc3n(c2=O)CCN(CC2CCOc4ccc(C(F)(F)F)cc42)C3=O)cn1.O=C(O)C(F)(F)F. The van der Waals surface area contributed by atoms with Crippen molar-refractivity contribution in [2.24, 2.45) is 0 Å². The number of nitrogens with zero attached hydrogens (tertiary/aromatic N) is 4. The van der Waals surface area contributed by atoms with Crippen molar-refractivity contribution in [3.05, 3.63) is 75.7 Å². The van der Waals surface area contributed by atoms with E-state index in [0.717, 1.165) is 17.8 Å². The summed E-state index contributed by atoms with van der Waals surface area (Å²) in [6.45, 7) is 3.05. The smallest absolute Gasteiger partial charge is 0.490 e. The second kappa shape index (κ2) is 10.7. The number of pyridine rings is 1. The summed E-state index contributed by atoms with van der Waals surface area (Å²) in [6.07, 6.45) is -5.75. The first-order valence-corrected chi connectivity index (χ1v) is 11.8. The fraction of sp³-hybridized carbons (Fsp3) is 0.360. The molecule has 0 saturated carbocycles. The number of carbonyl (C=O) groups is 2. The standard InChI is InChI=1S/C23H21F3N4O3.C2HF3O2/c1-14-11-29(13-27-14)18-3-4-19-21(31)28(7-8-30(19)22(18)32)12-15-6-9-33-20-5-2-16(10-17(15)20)23(24,25)26;3-2(4,5)1(6)7/h2-5,10-11,13,15H,6-9,12H2,1H3;(H,6,7). The Kier molecular flexibility index (Phi) is 7.67. The third kappa shape index (κ3) is 5.97. The Morgan fingerprint density at radius 2 is 1.80 bits per heavy atom. The van der Waals surface area contributed by atoms with Gasteiger partial charge in [-0.05, 0) is 49.2 Å². The number of aromatic nitrogens is 3. The Morgan fingerprint density at radius 3 is 2.40 bits per heavy atom. The number of fused-ring (bicyclic) bond motifs is 2. The molecule has 2 aromatic heterocycles. The van der Waals surface area contributed by atoms with Crippen LogP contribution in [0.2, 0.25) is 0 Å². The number of halogens is 6. The van der Waals surface area contributed by atoms with E-state index < -0.39 is 23.9 Å². The summed E-state index contributed by atoms with van der Waals surface area (Å²) in [7, 11) is 0. The molecule has 5 rings (SSSR count). The Balaban J connectivity index is 0.000000470. The van der Waals surface area contributed by atoms with E-state index in [1.807, 2.05) is 6.92 Å². The number of imidazole rings is 1. The molecule has 40 heavy (non-hydrogen) atoms. The minimum absolute atomic E-state index is 0.257. The van der Waals surface area contributed by atoms with Gasteiger partial charge in [-0.15, -0.1) is 0 Å². The maximum atomic E-state index is 13.2. The lowest BCUT2D eigenvalue weighted by molar-refractivity contribution is -0.192. The maximum absolute atomic E-state index is 13.2.